The number of urea groups is 1. The summed E-state index contributed by atoms with van der Waals surface area (Å²) in [6.07, 6.45) is 0.197. The minimum absolute atomic E-state index is 0.197. The quantitative estimate of drug-likeness (QED) is 0.836. The summed E-state index contributed by atoms with van der Waals surface area (Å²) >= 11 is 6.10. The summed E-state index contributed by atoms with van der Waals surface area (Å²) in [5, 5.41) is 2.00. The lowest BCUT2D eigenvalue weighted by Gasteiger charge is -2.32. The molecule has 1 fully saturated rings. The first-order valence-corrected chi connectivity index (χ1v) is 9.23. The summed E-state index contributed by atoms with van der Waals surface area (Å²) in [7, 11) is 0. The third-order valence-corrected chi connectivity index (χ3v) is 5.09. The average molecular weight is 411 g/mol. The molecule has 1 unspecified atom stereocenters. The van der Waals surface area contributed by atoms with E-state index in [0.717, 1.165) is 0 Å². The standard InChI is InChI=1S/C21H15ClN2O5/c1-11-10-16(25)23-21(28)24(11)12-6-8-13(9-7-12)29-20-17(22)18(26)14-4-2-3-5-15(14)19(20)27/h2-9,11H,10H2,1H3,(H,23,25,28). The van der Waals surface area contributed by atoms with Crippen LogP contribution in [0.25, 0.3) is 0 Å². The van der Waals surface area contributed by atoms with E-state index in [9.17, 15) is 19.2 Å². The van der Waals surface area contributed by atoms with E-state index >= 15 is 0 Å². The molecule has 29 heavy (non-hydrogen) atoms. The number of amides is 3. The number of allylic oxidation sites excluding steroid dienone is 2. The highest BCUT2D eigenvalue weighted by atomic mass is 35.5. The number of rotatable bonds is 3. The Bertz CT molecular complexity index is 1090. The van der Waals surface area contributed by atoms with E-state index in [0.29, 0.717) is 5.69 Å². The molecule has 3 amide bonds. The lowest BCUT2D eigenvalue weighted by molar-refractivity contribution is -0.120. The van der Waals surface area contributed by atoms with Gasteiger partial charge in [-0.3, -0.25) is 24.6 Å². The van der Waals surface area contributed by atoms with Crippen LogP contribution in [0.1, 0.15) is 34.1 Å². The van der Waals surface area contributed by atoms with Gasteiger partial charge in [0.2, 0.25) is 17.5 Å². The topological polar surface area (TPSA) is 92.8 Å². The molecule has 1 aliphatic heterocycles. The van der Waals surface area contributed by atoms with Crippen LogP contribution in [0.4, 0.5) is 10.5 Å². The maximum atomic E-state index is 12.7. The molecular weight excluding hydrogens is 396 g/mol. The molecule has 0 radical (unpaired) electrons. The predicted octanol–water partition coefficient (Wildman–Crippen LogP) is 3.43. The minimum Gasteiger partial charge on any atom is -0.451 e. The molecule has 1 N–H and O–H groups in total. The van der Waals surface area contributed by atoms with Crippen molar-refractivity contribution >= 4 is 40.8 Å². The van der Waals surface area contributed by atoms with Crippen LogP contribution in [0.5, 0.6) is 5.75 Å². The lowest BCUT2D eigenvalue weighted by atomic mass is 9.93. The van der Waals surface area contributed by atoms with Crippen LogP contribution in [-0.2, 0) is 4.79 Å². The normalized spacial score (nSPS) is 19.2. The first-order chi connectivity index (χ1) is 13.9. The van der Waals surface area contributed by atoms with Gasteiger partial charge in [0.1, 0.15) is 10.8 Å². The van der Waals surface area contributed by atoms with Crippen LogP contribution in [0, 0.1) is 0 Å². The Morgan fingerprint density at radius 2 is 1.59 bits per heavy atom. The largest absolute Gasteiger partial charge is 0.451 e. The monoisotopic (exact) mass is 410 g/mol. The first kappa shape index (κ1) is 18.9. The molecule has 8 heteroatoms. The van der Waals surface area contributed by atoms with Crippen LogP contribution in [0.15, 0.2) is 59.3 Å². The number of Topliss-reactive ketones (excluding diaryl/α,β-unsaturated/α-hetero) is 2. The van der Waals surface area contributed by atoms with Gasteiger partial charge in [0.15, 0.2) is 5.76 Å². The van der Waals surface area contributed by atoms with Crippen molar-refractivity contribution in [2.75, 3.05) is 4.90 Å². The van der Waals surface area contributed by atoms with Crippen LogP contribution < -0.4 is 15.0 Å². The molecule has 1 heterocycles. The number of nitrogens with zero attached hydrogens (tertiary/aromatic N) is 1. The van der Waals surface area contributed by atoms with Gasteiger partial charge in [-0.1, -0.05) is 35.9 Å². The van der Waals surface area contributed by atoms with E-state index in [4.69, 9.17) is 16.3 Å². The Morgan fingerprint density at radius 1 is 0.966 bits per heavy atom. The lowest BCUT2D eigenvalue weighted by Crippen LogP contribution is -2.54. The van der Waals surface area contributed by atoms with E-state index < -0.39 is 17.6 Å². The number of halogens is 1. The van der Waals surface area contributed by atoms with E-state index in [1.807, 2.05) is 0 Å². The molecule has 7 nitrogen and oxygen atoms in total. The van der Waals surface area contributed by atoms with Gasteiger partial charge in [-0.25, -0.2) is 4.79 Å². The Hall–Kier alpha value is -3.45. The molecule has 2 aromatic rings. The van der Waals surface area contributed by atoms with Crippen LogP contribution in [0.2, 0.25) is 0 Å². The molecule has 2 aromatic carbocycles. The van der Waals surface area contributed by atoms with E-state index in [1.54, 1.807) is 55.5 Å². The van der Waals surface area contributed by atoms with Gasteiger partial charge >= 0.3 is 6.03 Å². The molecule has 146 valence electrons. The molecular formula is C21H15ClN2O5. The maximum absolute atomic E-state index is 12.7. The molecule has 0 bridgehead atoms. The van der Waals surface area contributed by atoms with Crippen molar-refractivity contribution in [1.29, 1.82) is 0 Å². The summed E-state index contributed by atoms with van der Waals surface area (Å²) in [6.45, 7) is 1.77. The molecule has 4 rings (SSSR count). The van der Waals surface area contributed by atoms with Crippen LogP contribution in [-0.4, -0.2) is 29.5 Å². The van der Waals surface area contributed by atoms with Crippen molar-refractivity contribution in [3.8, 4) is 5.75 Å². The number of imide groups is 1. The van der Waals surface area contributed by atoms with E-state index in [2.05, 4.69) is 5.32 Å². The zero-order valence-corrected chi connectivity index (χ0v) is 16.0. The molecule has 1 atom stereocenters. The predicted molar refractivity (Wildman–Crippen MR) is 105 cm³/mol. The highest BCUT2D eigenvalue weighted by molar-refractivity contribution is 6.49. The Balaban J connectivity index is 1.59. The van der Waals surface area contributed by atoms with E-state index in [1.165, 1.54) is 4.90 Å². The van der Waals surface area contributed by atoms with Gasteiger partial charge in [-0.05, 0) is 31.2 Å². The fourth-order valence-electron chi connectivity index (χ4n) is 3.37. The van der Waals surface area contributed by atoms with Gasteiger partial charge in [-0.2, -0.15) is 0 Å². The van der Waals surface area contributed by atoms with Crippen molar-refractivity contribution in [2.45, 2.75) is 19.4 Å². The number of benzene rings is 2. The molecule has 0 spiro atoms. The van der Waals surface area contributed by atoms with Gasteiger partial charge in [0.25, 0.3) is 0 Å². The molecule has 2 aliphatic rings. The number of hydrogen-bond donors (Lipinski definition) is 1. The molecule has 1 saturated heterocycles. The summed E-state index contributed by atoms with van der Waals surface area (Å²) in [4.78, 5) is 50.1. The van der Waals surface area contributed by atoms with Gasteiger partial charge < -0.3 is 4.74 Å². The van der Waals surface area contributed by atoms with Crippen LogP contribution in [0.3, 0.4) is 0 Å². The van der Waals surface area contributed by atoms with Crippen molar-refractivity contribution < 1.29 is 23.9 Å². The zero-order chi connectivity index (χ0) is 20.7. The summed E-state index contributed by atoms with van der Waals surface area (Å²) in [6, 6.07) is 12.0. The number of hydrogen-bond acceptors (Lipinski definition) is 5. The first-order valence-electron chi connectivity index (χ1n) is 8.86. The maximum Gasteiger partial charge on any atom is 0.328 e. The number of ether oxygens (including phenoxy) is 1. The number of nitrogens with one attached hydrogen (secondary N) is 1. The fourth-order valence-corrected chi connectivity index (χ4v) is 3.59. The summed E-state index contributed by atoms with van der Waals surface area (Å²) < 4.78 is 5.62. The number of ketones is 2. The summed E-state index contributed by atoms with van der Waals surface area (Å²) in [5.41, 5.74) is 1.04. The van der Waals surface area contributed by atoms with Gasteiger partial charge in [-0.15, -0.1) is 0 Å². The van der Waals surface area contributed by atoms with Gasteiger partial charge in [0, 0.05) is 29.3 Å². The Labute approximate surface area is 170 Å². The van der Waals surface area contributed by atoms with Crippen molar-refractivity contribution in [1.82, 2.24) is 5.32 Å². The highest BCUT2D eigenvalue weighted by Gasteiger charge is 2.33. The summed E-state index contributed by atoms with van der Waals surface area (Å²) in [5.74, 6) is -1.23. The Kier molecular flexibility index (Phi) is 4.68. The minimum atomic E-state index is -0.502. The highest BCUT2D eigenvalue weighted by Crippen LogP contribution is 2.31. The molecule has 0 saturated carbocycles. The second-order valence-corrected chi connectivity index (χ2v) is 7.10. The fraction of sp³-hybridized carbons (Fsp3) is 0.143. The van der Waals surface area contributed by atoms with Crippen LogP contribution >= 0.6 is 11.6 Å². The van der Waals surface area contributed by atoms with E-state index in [-0.39, 0.29) is 46.0 Å². The number of carbonyl (C=O) groups excluding carboxylic acids is 4. The van der Waals surface area contributed by atoms with Crippen molar-refractivity contribution in [3.63, 3.8) is 0 Å². The smallest absolute Gasteiger partial charge is 0.328 e. The third kappa shape index (κ3) is 3.30. The van der Waals surface area contributed by atoms with Gasteiger partial charge in [0.05, 0.1) is 0 Å². The van der Waals surface area contributed by atoms with Crippen molar-refractivity contribution in [2.24, 2.45) is 0 Å². The average Bonchev–Trinajstić information content (AvgIpc) is 2.70. The SMILES string of the molecule is CC1CC(=O)NC(=O)N1c1ccc(OC2=C(Cl)C(=O)c3ccccc3C2=O)cc1. The zero-order valence-electron chi connectivity index (χ0n) is 15.3. The number of fused-ring (bicyclic) bond motifs is 1. The second kappa shape index (κ2) is 7.18. The molecule has 0 aromatic heterocycles. The van der Waals surface area contributed by atoms with Crippen molar-refractivity contribution in [3.05, 3.63) is 70.4 Å². The number of carbonyl (C=O) groups is 4. The number of anilines is 1. The Morgan fingerprint density at radius 3 is 2.21 bits per heavy atom. The third-order valence-electron chi connectivity index (χ3n) is 4.74. The molecule has 1 aliphatic carbocycles. The second-order valence-electron chi connectivity index (χ2n) is 6.72.